The average Bonchev–Trinajstić information content (AvgIpc) is 3.23. The van der Waals surface area contributed by atoms with E-state index in [9.17, 15) is 9.59 Å². The number of aromatic nitrogens is 2. The van der Waals surface area contributed by atoms with Crippen LogP contribution in [0.4, 0.5) is 11.4 Å². The molecule has 28 heavy (non-hydrogen) atoms. The Morgan fingerprint density at radius 1 is 1.18 bits per heavy atom. The van der Waals surface area contributed by atoms with E-state index in [2.05, 4.69) is 10.4 Å². The first-order valence-corrected chi connectivity index (χ1v) is 9.09. The number of fused-ring (bicyclic) bond motifs is 1. The first-order chi connectivity index (χ1) is 13.6. The van der Waals surface area contributed by atoms with E-state index in [-0.39, 0.29) is 24.8 Å². The SMILES string of the molecule is CC1Oc2ccccc2N(CCC(=O)Nc2cccc(-n3cccn3)c2)C1=O. The molecule has 0 spiro atoms. The van der Waals surface area contributed by atoms with Crippen molar-refractivity contribution in [2.75, 3.05) is 16.8 Å². The van der Waals surface area contributed by atoms with Crippen molar-refractivity contribution >= 4 is 23.2 Å². The fourth-order valence-corrected chi connectivity index (χ4v) is 3.17. The molecule has 0 aliphatic carbocycles. The van der Waals surface area contributed by atoms with Crippen LogP contribution in [0.25, 0.3) is 5.69 Å². The highest BCUT2D eigenvalue weighted by molar-refractivity contribution is 6.00. The van der Waals surface area contributed by atoms with Gasteiger partial charge in [-0.3, -0.25) is 9.59 Å². The number of hydrogen-bond donors (Lipinski definition) is 1. The summed E-state index contributed by atoms with van der Waals surface area (Å²) in [7, 11) is 0. The number of rotatable bonds is 5. The van der Waals surface area contributed by atoms with Crippen LogP contribution >= 0.6 is 0 Å². The van der Waals surface area contributed by atoms with Crippen LogP contribution in [0.15, 0.2) is 67.0 Å². The number of carbonyl (C=O) groups excluding carboxylic acids is 2. The van der Waals surface area contributed by atoms with Crippen LogP contribution in [-0.4, -0.2) is 34.2 Å². The second-order valence-corrected chi connectivity index (χ2v) is 6.52. The minimum absolute atomic E-state index is 0.146. The smallest absolute Gasteiger partial charge is 0.267 e. The Balaban J connectivity index is 1.42. The van der Waals surface area contributed by atoms with E-state index in [1.807, 2.05) is 60.8 Å². The van der Waals surface area contributed by atoms with E-state index >= 15 is 0 Å². The lowest BCUT2D eigenvalue weighted by molar-refractivity contribution is -0.125. The monoisotopic (exact) mass is 376 g/mol. The van der Waals surface area contributed by atoms with Gasteiger partial charge >= 0.3 is 0 Å². The molecule has 2 heterocycles. The van der Waals surface area contributed by atoms with Gasteiger partial charge in [-0.2, -0.15) is 5.10 Å². The fraction of sp³-hybridized carbons (Fsp3) is 0.190. The van der Waals surface area contributed by atoms with Gasteiger partial charge in [0.2, 0.25) is 5.91 Å². The van der Waals surface area contributed by atoms with Gasteiger partial charge in [-0.15, -0.1) is 0 Å². The van der Waals surface area contributed by atoms with Gasteiger partial charge in [-0.1, -0.05) is 18.2 Å². The average molecular weight is 376 g/mol. The van der Waals surface area contributed by atoms with Gasteiger partial charge in [0.1, 0.15) is 5.75 Å². The van der Waals surface area contributed by atoms with E-state index in [0.29, 0.717) is 17.1 Å². The van der Waals surface area contributed by atoms with Crippen molar-refractivity contribution in [1.82, 2.24) is 9.78 Å². The van der Waals surface area contributed by atoms with Crippen molar-refractivity contribution in [3.63, 3.8) is 0 Å². The molecule has 2 amide bonds. The van der Waals surface area contributed by atoms with Crippen LogP contribution in [0, 0.1) is 0 Å². The molecule has 1 aliphatic rings. The number of hydrogen-bond acceptors (Lipinski definition) is 4. The molecule has 7 nitrogen and oxygen atoms in total. The van der Waals surface area contributed by atoms with Crippen molar-refractivity contribution in [2.24, 2.45) is 0 Å². The number of anilines is 2. The molecule has 1 N–H and O–H groups in total. The number of nitrogens with one attached hydrogen (secondary N) is 1. The third kappa shape index (κ3) is 3.59. The largest absolute Gasteiger partial charge is 0.479 e. The number of ether oxygens (including phenoxy) is 1. The van der Waals surface area contributed by atoms with Gasteiger partial charge in [0.05, 0.1) is 11.4 Å². The number of benzene rings is 2. The highest BCUT2D eigenvalue weighted by Gasteiger charge is 2.31. The van der Waals surface area contributed by atoms with Crippen molar-refractivity contribution in [1.29, 1.82) is 0 Å². The lowest BCUT2D eigenvalue weighted by Gasteiger charge is -2.32. The summed E-state index contributed by atoms with van der Waals surface area (Å²) in [5, 5.41) is 7.07. The summed E-state index contributed by atoms with van der Waals surface area (Å²) >= 11 is 0. The maximum Gasteiger partial charge on any atom is 0.267 e. The molecule has 0 saturated heterocycles. The Kier molecular flexibility index (Phi) is 4.80. The molecule has 0 fully saturated rings. The second-order valence-electron chi connectivity index (χ2n) is 6.52. The number of amides is 2. The lowest BCUT2D eigenvalue weighted by atomic mass is 10.1. The Bertz CT molecular complexity index is 1000. The molecule has 3 aromatic rings. The van der Waals surface area contributed by atoms with Crippen molar-refractivity contribution < 1.29 is 14.3 Å². The summed E-state index contributed by atoms with van der Waals surface area (Å²) in [6, 6.07) is 16.6. The Hall–Kier alpha value is -3.61. The molecule has 1 unspecified atom stereocenters. The first-order valence-electron chi connectivity index (χ1n) is 9.09. The summed E-state index contributed by atoms with van der Waals surface area (Å²) in [5.41, 5.74) is 2.23. The van der Waals surface area contributed by atoms with Crippen LogP contribution in [0.5, 0.6) is 5.75 Å². The van der Waals surface area contributed by atoms with Crippen LogP contribution in [0.2, 0.25) is 0 Å². The summed E-state index contributed by atoms with van der Waals surface area (Å²) in [6.45, 7) is 2.00. The van der Waals surface area contributed by atoms with Crippen LogP contribution < -0.4 is 15.0 Å². The summed E-state index contributed by atoms with van der Waals surface area (Å²) in [6.07, 6.45) is 3.15. The van der Waals surface area contributed by atoms with Gasteiger partial charge in [0.15, 0.2) is 6.10 Å². The molecule has 0 saturated carbocycles. The minimum Gasteiger partial charge on any atom is -0.479 e. The highest BCUT2D eigenvalue weighted by Crippen LogP contribution is 2.33. The quantitative estimate of drug-likeness (QED) is 0.743. The lowest BCUT2D eigenvalue weighted by Crippen LogP contribution is -2.45. The molecule has 7 heteroatoms. The van der Waals surface area contributed by atoms with Gasteiger partial charge < -0.3 is 15.0 Å². The van der Waals surface area contributed by atoms with Gasteiger partial charge in [-0.05, 0) is 43.3 Å². The third-order valence-electron chi connectivity index (χ3n) is 4.53. The van der Waals surface area contributed by atoms with Crippen molar-refractivity contribution in [3.05, 3.63) is 67.0 Å². The maximum absolute atomic E-state index is 12.5. The fourth-order valence-electron chi connectivity index (χ4n) is 3.17. The van der Waals surface area contributed by atoms with Crippen molar-refractivity contribution in [2.45, 2.75) is 19.4 Å². The Morgan fingerprint density at radius 3 is 2.86 bits per heavy atom. The molecule has 1 atom stereocenters. The topological polar surface area (TPSA) is 76.5 Å². The number of para-hydroxylation sites is 2. The molecular formula is C21H20N4O3. The molecule has 1 aromatic heterocycles. The molecule has 0 bridgehead atoms. The predicted octanol–water partition coefficient (Wildman–Crippen LogP) is 3.02. The van der Waals surface area contributed by atoms with E-state index in [0.717, 1.165) is 5.69 Å². The van der Waals surface area contributed by atoms with E-state index in [4.69, 9.17) is 4.74 Å². The number of nitrogens with zero attached hydrogens (tertiary/aromatic N) is 3. The Labute approximate surface area is 162 Å². The predicted molar refractivity (Wildman–Crippen MR) is 106 cm³/mol. The normalized spacial score (nSPS) is 15.7. The molecule has 1 aliphatic heterocycles. The highest BCUT2D eigenvalue weighted by atomic mass is 16.5. The van der Waals surface area contributed by atoms with E-state index < -0.39 is 6.10 Å². The van der Waals surface area contributed by atoms with Crippen LogP contribution in [0.3, 0.4) is 0 Å². The molecule has 2 aromatic carbocycles. The third-order valence-corrected chi connectivity index (χ3v) is 4.53. The minimum atomic E-state index is -0.566. The summed E-state index contributed by atoms with van der Waals surface area (Å²) < 4.78 is 7.35. The molecule has 0 radical (unpaired) electrons. The maximum atomic E-state index is 12.5. The zero-order valence-electron chi connectivity index (χ0n) is 15.4. The molecule has 142 valence electrons. The first kappa shape index (κ1) is 17.8. The summed E-state index contributed by atoms with van der Waals surface area (Å²) in [4.78, 5) is 26.6. The van der Waals surface area contributed by atoms with Gasteiger partial charge in [-0.25, -0.2) is 4.68 Å². The molecular weight excluding hydrogens is 356 g/mol. The second kappa shape index (κ2) is 7.56. The standard InChI is InChI=1S/C21H20N4O3/c1-15-21(27)24(18-8-2-3-9-19(18)28-15)13-10-20(26)23-16-6-4-7-17(14-16)25-12-5-11-22-25/h2-9,11-12,14-15H,10,13H2,1H3,(H,23,26). The van der Waals surface area contributed by atoms with E-state index in [1.54, 1.807) is 22.7 Å². The Morgan fingerprint density at radius 2 is 2.04 bits per heavy atom. The van der Waals surface area contributed by atoms with Gasteiger partial charge in [0, 0.05) is 31.0 Å². The van der Waals surface area contributed by atoms with E-state index in [1.165, 1.54) is 0 Å². The summed E-state index contributed by atoms with van der Waals surface area (Å²) in [5.74, 6) is 0.344. The zero-order valence-corrected chi connectivity index (χ0v) is 15.4. The molecule has 4 rings (SSSR count). The number of carbonyl (C=O) groups is 2. The van der Waals surface area contributed by atoms with Crippen LogP contribution in [0.1, 0.15) is 13.3 Å². The van der Waals surface area contributed by atoms with Crippen LogP contribution in [-0.2, 0) is 9.59 Å². The van der Waals surface area contributed by atoms with Crippen molar-refractivity contribution in [3.8, 4) is 11.4 Å². The zero-order chi connectivity index (χ0) is 19.5. The van der Waals surface area contributed by atoms with Gasteiger partial charge in [0.25, 0.3) is 5.91 Å².